The highest BCUT2D eigenvalue weighted by Crippen LogP contribution is 2.28. The molecule has 27 heavy (non-hydrogen) atoms. The first-order chi connectivity index (χ1) is 13.0. The van der Waals surface area contributed by atoms with Crippen LogP contribution in [0.15, 0.2) is 57.7 Å². The van der Waals surface area contributed by atoms with Gasteiger partial charge in [0.1, 0.15) is 24.0 Å². The molecule has 0 bridgehead atoms. The summed E-state index contributed by atoms with van der Waals surface area (Å²) in [5, 5.41) is 14.3. The van der Waals surface area contributed by atoms with E-state index in [0.29, 0.717) is 17.9 Å². The number of hydrogen-bond donors (Lipinski definition) is 2. The SMILES string of the molecule is Cc1cc(=O)oc2c(C)c(OC[C@@H](O)CNCCc3ccccc3)ccc12. The summed E-state index contributed by atoms with van der Waals surface area (Å²) < 4.78 is 11.1. The van der Waals surface area contributed by atoms with Crippen LogP contribution in [-0.4, -0.2) is 30.9 Å². The maximum Gasteiger partial charge on any atom is 0.336 e. The standard InChI is InChI=1S/C22H25NO4/c1-15-12-21(25)27-22-16(2)20(9-8-19(15)22)26-14-18(24)13-23-11-10-17-6-4-3-5-7-17/h3-9,12,18,23-24H,10-11,13-14H2,1-2H3/t18-/m0/s1. The lowest BCUT2D eigenvalue weighted by Crippen LogP contribution is -2.32. The molecule has 0 aliphatic heterocycles. The molecule has 5 heteroatoms. The third-order valence-electron chi connectivity index (χ3n) is 4.56. The summed E-state index contributed by atoms with van der Waals surface area (Å²) >= 11 is 0. The molecule has 0 unspecified atom stereocenters. The molecule has 0 radical (unpaired) electrons. The first kappa shape index (κ1) is 19.1. The molecule has 3 rings (SSSR count). The molecule has 0 spiro atoms. The highest BCUT2D eigenvalue weighted by Gasteiger charge is 2.12. The second-order valence-electron chi connectivity index (χ2n) is 6.72. The summed E-state index contributed by atoms with van der Waals surface area (Å²) in [5.74, 6) is 0.611. The van der Waals surface area contributed by atoms with E-state index in [1.807, 2.05) is 44.2 Å². The van der Waals surface area contributed by atoms with Gasteiger partial charge in [0.05, 0.1) is 0 Å². The van der Waals surface area contributed by atoms with Gasteiger partial charge in [0.25, 0.3) is 0 Å². The van der Waals surface area contributed by atoms with Crippen LogP contribution in [0.2, 0.25) is 0 Å². The van der Waals surface area contributed by atoms with Gasteiger partial charge in [-0.05, 0) is 50.1 Å². The van der Waals surface area contributed by atoms with Crippen molar-refractivity contribution in [2.24, 2.45) is 0 Å². The Labute approximate surface area is 158 Å². The van der Waals surface area contributed by atoms with E-state index >= 15 is 0 Å². The van der Waals surface area contributed by atoms with Crippen molar-refractivity contribution >= 4 is 11.0 Å². The van der Waals surface area contributed by atoms with Crippen LogP contribution < -0.4 is 15.7 Å². The summed E-state index contributed by atoms with van der Waals surface area (Å²) in [5.41, 5.74) is 3.06. The average molecular weight is 367 g/mol. The maximum absolute atomic E-state index is 11.6. The summed E-state index contributed by atoms with van der Waals surface area (Å²) in [6.07, 6.45) is 0.289. The Bertz CT molecular complexity index is 950. The van der Waals surface area contributed by atoms with Crippen LogP contribution in [0.25, 0.3) is 11.0 Å². The minimum Gasteiger partial charge on any atom is -0.490 e. The fourth-order valence-corrected chi connectivity index (χ4v) is 3.05. The van der Waals surface area contributed by atoms with E-state index in [9.17, 15) is 9.90 Å². The maximum atomic E-state index is 11.6. The number of aliphatic hydroxyl groups is 1. The van der Waals surface area contributed by atoms with Crippen molar-refractivity contribution in [3.8, 4) is 5.75 Å². The van der Waals surface area contributed by atoms with E-state index in [0.717, 1.165) is 29.5 Å². The fourth-order valence-electron chi connectivity index (χ4n) is 3.05. The molecule has 5 nitrogen and oxygen atoms in total. The van der Waals surface area contributed by atoms with E-state index in [1.54, 1.807) is 0 Å². The molecule has 0 aliphatic rings. The predicted molar refractivity (Wildman–Crippen MR) is 106 cm³/mol. The van der Waals surface area contributed by atoms with Crippen molar-refractivity contribution < 1.29 is 14.3 Å². The Kier molecular flexibility index (Phi) is 6.27. The Morgan fingerprint density at radius 2 is 1.93 bits per heavy atom. The van der Waals surface area contributed by atoms with Crippen LogP contribution in [0.3, 0.4) is 0 Å². The molecular weight excluding hydrogens is 342 g/mol. The van der Waals surface area contributed by atoms with Gasteiger partial charge >= 0.3 is 5.63 Å². The van der Waals surface area contributed by atoms with Gasteiger partial charge in [-0.15, -0.1) is 0 Å². The van der Waals surface area contributed by atoms with Gasteiger partial charge < -0.3 is 19.6 Å². The van der Waals surface area contributed by atoms with Crippen LogP contribution in [0.5, 0.6) is 5.75 Å². The number of nitrogens with one attached hydrogen (secondary N) is 1. The lowest BCUT2D eigenvalue weighted by molar-refractivity contribution is 0.106. The molecule has 3 aromatic rings. The van der Waals surface area contributed by atoms with Crippen LogP contribution >= 0.6 is 0 Å². The molecule has 142 valence electrons. The summed E-state index contributed by atoms with van der Waals surface area (Å²) in [6.45, 7) is 5.14. The van der Waals surface area contributed by atoms with E-state index in [-0.39, 0.29) is 12.2 Å². The van der Waals surface area contributed by atoms with Crippen LogP contribution in [0.1, 0.15) is 16.7 Å². The van der Waals surface area contributed by atoms with Crippen molar-refractivity contribution in [1.29, 1.82) is 0 Å². The van der Waals surface area contributed by atoms with Crippen molar-refractivity contribution in [2.45, 2.75) is 26.4 Å². The van der Waals surface area contributed by atoms with Crippen molar-refractivity contribution in [1.82, 2.24) is 5.32 Å². The number of aliphatic hydroxyl groups excluding tert-OH is 1. The van der Waals surface area contributed by atoms with E-state index in [4.69, 9.17) is 9.15 Å². The Balaban J connectivity index is 1.52. The number of aryl methyl sites for hydroxylation is 2. The molecule has 0 amide bonds. The van der Waals surface area contributed by atoms with Crippen LogP contribution in [-0.2, 0) is 6.42 Å². The quantitative estimate of drug-likeness (QED) is 0.473. The smallest absolute Gasteiger partial charge is 0.336 e. The zero-order chi connectivity index (χ0) is 19.2. The minimum absolute atomic E-state index is 0.167. The highest BCUT2D eigenvalue weighted by atomic mass is 16.5. The predicted octanol–water partition coefficient (Wildman–Crippen LogP) is 2.98. The zero-order valence-electron chi connectivity index (χ0n) is 15.7. The molecule has 0 saturated heterocycles. The number of rotatable bonds is 8. The van der Waals surface area contributed by atoms with Gasteiger partial charge in [-0.3, -0.25) is 0 Å². The third kappa shape index (κ3) is 4.96. The molecular formula is C22H25NO4. The van der Waals surface area contributed by atoms with Gasteiger partial charge in [-0.25, -0.2) is 4.79 Å². The van der Waals surface area contributed by atoms with Gasteiger partial charge in [0.2, 0.25) is 0 Å². The van der Waals surface area contributed by atoms with Crippen molar-refractivity contribution in [2.75, 3.05) is 19.7 Å². The van der Waals surface area contributed by atoms with Gasteiger partial charge in [-0.2, -0.15) is 0 Å². The number of benzene rings is 2. The molecule has 2 N–H and O–H groups in total. The van der Waals surface area contributed by atoms with E-state index in [1.165, 1.54) is 11.6 Å². The molecule has 1 heterocycles. The molecule has 0 fully saturated rings. The average Bonchev–Trinajstić information content (AvgIpc) is 2.66. The van der Waals surface area contributed by atoms with Crippen LogP contribution in [0, 0.1) is 13.8 Å². The molecule has 1 aromatic heterocycles. The van der Waals surface area contributed by atoms with Gasteiger partial charge in [-0.1, -0.05) is 30.3 Å². The molecule has 2 aromatic carbocycles. The monoisotopic (exact) mass is 367 g/mol. The largest absolute Gasteiger partial charge is 0.490 e. The lowest BCUT2D eigenvalue weighted by Gasteiger charge is -2.15. The van der Waals surface area contributed by atoms with E-state index < -0.39 is 6.10 Å². The Morgan fingerprint density at radius 3 is 2.70 bits per heavy atom. The Hall–Kier alpha value is -2.63. The zero-order valence-corrected chi connectivity index (χ0v) is 15.7. The second kappa shape index (κ2) is 8.84. The Morgan fingerprint density at radius 1 is 1.15 bits per heavy atom. The van der Waals surface area contributed by atoms with Gasteiger partial charge in [0.15, 0.2) is 0 Å². The minimum atomic E-state index is -0.625. The summed E-state index contributed by atoms with van der Waals surface area (Å²) in [4.78, 5) is 11.6. The summed E-state index contributed by atoms with van der Waals surface area (Å²) in [7, 11) is 0. The normalized spacial score (nSPS) is 12.3. The molecule has 1 atom stereocenters. The highest BCUT2D eigenvalue weighted by molar-refractivity contribution is 5.84. The second-order valence-corrected chi connectivity index (χ2v) is 6.72. The first-order valence-electron chi connectivity index (χ1n) is 9.14. The fraction of sp³-hybridized carbons (Fsp3) is 0.318. The van der Waals surface area contributed by atoms with Gasteiger partial charge in [0, 0.05) is 23.6 Å². The lowest BCUT2D eigenvalue weighted by atomic mass is 10.1. The number of ether oxygens (including phenoxy) is 1. The number of hydrogen-bond acceptors (Lipinski definition) is 5. The van der Waals surface area contributed by atoms with Crippen molar-refractivity contribution in [3.63, 3.8) is 0 Å². The number of fused-ring (bicyclic) bond motifs is 1. The third-order valence-corrected chi connectivity index (χ3v) is 4.56. The summed E-state index contributed by atoms with van der Waals surface area (Å²) in [6, 6.07) is 15.4. The first-order valence-corrected chi connectivity index (χ1v) is 9.14. The molecule has 0 aliphatic carbocycles. The topological polar surface area (TPSA) is 71.7 Å². The molecule has 0 saturated carbocycles. The van der Waals surface area contributed by atoms with E-state index in [2.05, 4.69) is 17.4 Å². The van der Waals surface area contributed by atoms with Crippen LogP contribution in [0.4, 0.5) is 0 Å². The van der Waals surface area contributed by atoms with Crippen molar-refractivity contribution in [3.05, 3.63) is 75.6 Å².